The predicted octanol–water partition coefficient (Wildman–Crippen LogP) is 3.93. The summed E-state index contributed by atoms with van der Waals surface area (Å²) in [5, 5.41) is 15.8. The second kappa shape index (κ2) is 17.4. The number of rotatable bonds is 8. The topological polar surface area (TPSA) is 255 Å². The van der Waals surface area contributed by atoms with E-state index < -0.39 is 49.2 Å². The number of anilines is 3. The van der Waals surface area contributed by atoms with E-state index in [0.29, 0.717) is 23.1 Å². The number of methoxy groups -OCH3 is 2. The Balaban J connectivity index is 0.000000380. The van der Waals surface area contributed by atoms with E-state index in [2.05, 4.69) is 23.8 Å². The summed E-state index contributed by atoms with van der Waals surface area (Å²) in [7, 11) is 1.03. The number of carbonyl (C=O) groups excluding carboxylic acids is 2. The number of carbonyl (C=O) groups is 2. The van der Waals surface area contributed by atoms with Crippen LogP contribution in [0.2, 0.25) is 0 Å². The largest absolute Gasteiger partial charge is 0.503 e. The fourth-order valence-electron chi connectivity index (χ4n) is 2.73. The van der Waals surface area contributed by atoms with Crippen molar-refractivity contribution in [1.29, 1.82) is 0 Å². The van der Waals surface area contributed by atoms with Gasteiger partial charge in [-0.1, -0.05) is 0 Å². The molecule has 49 heavy (non-hydrogen) atoms. The van der Waals surface area contributed by atoms with E-state index in [4.69, 9.17) is 24.7 Å². The Morgan fingerprint density at radius 1 is 0.776 bits per heavy atom. The normalized spacial score (nSPS) is 11.9. The maximum atomic E-state index is 12.1. The molecule has 0 spiro atoms. The average molecular weight is 791 g/mol. The Morgan fingerprint density at radius 3 is 1.61 bits per heavy atom. The molecule has 3 aromatic heterocycles. The molecule has 19 nitrogen and oxygen atoms in total. The van der Waals surface area contributed by atoms with Crippen molar-refractivity contribution in [2.24, 2.45) is 0 Å². The molecule has 0 atom stereocenters. The predicted molar refractivity (Wildman–Crippen MR) is 187 cm³/mol. The molecule has 0 bridgehead atoms. The van der Waals surface area contributed by atoms with Crippen LogP contribution in [0.5, 0.6) is 17.2 Å². The van der Waals surface area contributed by atoms with E-state index in [1.807, 2.05) is 0 Å². The molecule has 0 aliphatic heterocycles. The van der Waals surface area contributed by atoms with Crippen LogP contribution in [0.25, 0.3) is 0 Å². The van der Waals surface area contributed by atoms with Gasteiger partial charge in [0.25, 0.3) is 20.0 Å². The number of nitrogens with two attached hydrogens (primary N) is 1. The van der Waals surface area contributed by atoms with Gasteiger partial charge >= 0.3 is 12.2 Å². The van der Waals surface area contributed by atoms with Crippen molar-refractivity contribution in [2.45, 2.75) is 61.2 Å². The van der Waals surface area contributed by atoms with Crippen LogP contribution in [0.4, 0.5) is 27.0 Å². The van der Waals surface area contributed by atoms with Crippen LogP contribution in [0.1, 0.15) is 41.5 Å². The van der Waals surface area contributed by atoms with E-state index in [0.717, 1.165) is 20.1 Å². The number of sulfonamides is 2. The van der Waals surface area contributed by atoms with Crippen LogP contribution >= 0.6 is 34.6 Å². The number of aromatic nitrogens is 3. The average Bonchev–Trinajstić information content (AvgIpc) is 3.66. The molecule has 278 valence electrons. The molecule has 3 rings (SSSR count). The first-order chi connectivity index (χ1) is 22.3. The molecule has 0 fully saturated rings. The molecular formula is C25H42N8O11S5. The van der Waals surface area contributed by atoms with Crippen LogP contribution in [-0.4, -0.2) is 109 Å². The highest BCUT2D eigenvalue weighted by molar-refractivity contribution is 7.91. The third-order valence-corrected chi connectivity index (χ3v) is 11.7. The van der Waals surface area contributed by atoms with Gasteiger partial charge in [-0.15, -0.1) is 0 Å². The van der Waals surface area contributed by atoms with Crippen molar-refractivity contribution >= 4 is 84.3 Å². The minimum atomic E-state index is -3.70. The lowest BCUT2D eigenvalue weighted by molar-refractivity contribution is 0.0623. The van der Waals surface area contributed by atoms with Gasteiger partial charge in [-0.3, -0.25) is 10.6 Å². The Kier molecular flexibility index (Phi) is 15.4. The minimum Gasteiger partial charge on any atom is -0.503 e. The summed E-state index contributed by atoms with van der Waals surface area (Å²) >= 11 is 2.58. The van der Waals surface area contributed by atoms with Gasteiger partial charge in [0.05, 0.1) is 19.6 Å². The van der Waals surface area contributed by atoms with Gasteiger partial charge in [0, 0.05) is 28.2 Å². The SMILES string of the molecule is CN(C)S(=O)(=O)c1snc(N)c1O.COc1c(NC(=O)OC(C)(C)C)nsc1S(=O)(=O)N(C)C.COc1csnc1NC(=O)OC(C)(C)C. The molecule has 5 N–H and O–H groups in total. The van der Waals surface area contributed by atoms with Crippen molar-refractivity contribution in [3.05, 3.63) is 5.38 Å². The van der Waals surface area contributed by atoms with Gasteiger partial charge in [-0.05, 0) is 76.1 Å². The van der Waals surface area contributed by atoms with E-state index in [1.54, 1.807) is 46.9 Å². The fourth-order valence-corrected chi connectivity index (χ4v) is 7.65. The third-order valence-electron chi connectivity index (χ3n) is 4.91. The first-order valence-electron chi connectivity index (χ1n) is 13.6. The zero-order valence-corrected chi connectivity index (χ0v) is 33.0. The van der Waals surface area contributed by atoms with Gasteiger partial charge in [0.15, 0.2) is 43.1 Å². The zero-order chi connectivity index (χ0) is 38.1. The highest BCUT2D eigenvalue weighted by Gasteiger charge is 2.30. The Bertz CT molecular complexity index is 1770. The first-order valence-corrected chi connectivity index (χ1v) is 18.9. The first kappa shape index (κ1) is 43.5. The van der Waals surface area contributed by atoms with Crippen LogP contribution in [0.15, 0.2) is 13.8 Å². The van der Waals surface area contributed by atoms with Crippen LogP contribution in [0.3, 0.4) is 0 Å². The van der Waals surface area contributed by atoms with E-state index in [1.165, 1.54) is 53.9 Å². The van der Waals surface area contributed by atoms with Crippen molar-refractivity contribution in [2.75, 3.05) is 58.8 Å². The van der Waals surface area contributed by atoms with Crippen LogP contribution < -0.4 is 25.8 Å². The van der Waals surface area contributed by atoms with Gasteiger partial charge < -0.3 is 29.8 Å². The summed E-state index contributed by atoms with van der Waals surface area (Å²) in [4.78, 5) is 23.1. The van der Waals surface area contributed by atoms with E-state index >= 15 is 0 Å². The number of aromatic hydroxyl groups is 1. The molecule has 0 aliphatic carbocycles. The Labute approximate surface area is 297 Å². The van der Waals surface area contributed by atoms with Crippen molar-refractivity contribution in [1.82, 2.24) is 21.7 Å². The monoisotopic (exact) mass is 790 g/mol. The number of ether oxygens (including phenoxy) is 4. The molecule has 0 aliphatic rings. The maximum Gasteiger partial charge on any atom is 0.413 e. The van der Waals surface area contributed by atoms with Crippen molar-refractivity contribution in [3.63, 3.8) is 0 Å². The lowest BCUT2D eigenvalue weighted by Crippen LogP contribution is -2.27. The molecule has 2 amide bonds. The second-order valence-corrected chi connectivity index (χ2v) is 18.5. The summed E-state index contributed by atoms with van der Waals surface area (Å²) < 4.78 is 80.4. The fraction of sp³-hybridized carbons (Fsp3) is 0.560. The Morgan fingerprint density at radius 2 is 1.22 bits per heavy atom. The van der Waals surface area contributed by atoms with Crippen LogP contribution in [-0.2, 0) is 29.5 Å². The van der Waals surface area contributed by atoms with Crippen LogP contribution in [0, 0.1) is 0 Å². The summed E-state index contributed by atoms with van der Waals surface area (Å²) in [5.74, 6) is 0.281. The quantitative estimate of drug-likeness (QED) is 0.252. The molecule has 0 unspecified atom stereocenters. The number of nitrogens with zero attached hydrogens (tertiary/aromatic N) is 5. The standard InChI is InChI=1S/C11H19N3O5S2.C9H14N2O3S.C5H9N3O3S2/c1-11(2,3)19-10(15)12-8-7(18-6)9(20-13-8)21(16,17)14(4)5;1-9(2,3)14-8(12)10-7-6(13-4)5-15-11-7;1-8(2)13(10,11)5-3(9)4(6)7-12-5/h1-6H3,(H,12,13,15);5H,1-4H3,(H,10,11,12);9H,1-2H3,(H2,6,7). The van der Waals surface area contributed by atoms with Crippen molar-refractivity contribution in [3.8, 4) is 17.2 Å². The maximum absolute atomic E-state index is 12.1. The molecule has 0 aromatic carbocycles. The van der Waals surface area contributed by atoms with Gasteiger partial charge in [0.2, 0.25) is 0 Å². The molecule has 3 heterocycles. The molecule has 0 radical (unpaired) electrons. The minimum absolute atomic E-state index is 0.0113. The van der Waals surface area contributed by atoms with E-state index in [-0.39, 0.29) is 25.8 Å². The summed E-state index contributed by atoms with van der Waals surface area (Å²) in [6.45, 7) is 10.5. The number of hydrogen-bond acceptors (Lipinski definition) is 18. The van der Waals surface area contributed by atoms with E-state index in [9.17, 15) is 31.5 Å². The molecule has 24 heteroatoms. The van der Waals surface area contributed by atoms with Gasteiger partial charge in [-0.25, -0.2) is 35.0 Å². The highest BCUT2D eigenvalue weighted by atomic mass is 32.3. The lowest BCUT2D eigenvalue weighted by atomic mass is 10.2. The summed E-state index contributed by atoms with van der Waals surface area (Å²) in [6, 6.07) is 0. The Hall–Kier alpha value is -3.55. The smallest absolute Gasteiger partial charge is 0.413 e. The molecule has 0 saturated carbocycles. The summed E-state index contributed by atoms with van der Waals surface area (Å²) in [5.41, 5.74) is 4.01. The second-order valence-electron chi connectivity index (χ2n) is 11.6. The third kappa shape index (κ3) is 13.0. The molecule has 3 aromatic rings. The van der Waals surface area contributed by atoms with Gasteiger partial charge in [0.1, 0.15) is 11.2 Å². The summed E-state index contributed by atoms with van der Waals surface area (Å²) in [6.07, 6.45) is -1.27. The highest BCUT2D eigenvalue weighted by Crippen LogP contribution is 2.37. The lowest BCUT2D eigenvalue weighted by Gasteiger charge is -2.19. The number of hydrogen-bond donors (Lipinski definition) is 4. The van der Waals surface area contributed by atoms with Crippen molar-refractivity contribution < 1.29 is 50.5 Å². The van der Waals surface area contributed by atoms with Gasteiger partial charge in [-0.2, -0.15) is 13.1 Å². The number of amides is 2. The molecule has 0 saturated heterocycles. The molecular weight excluding hydrogens is 749 g/mol. The number of nitrogens with one attached hydrogen (secondary N) is 2. The number of nitrogen functional groups attached to an aromatic ring is 1. The zero-order valence-electron chi connectivity index (χ0n) is 29.0.